The molecule has 3 aromatic rings. The van der Waals surface area contributed by atoms with Gasteiger partial charge in [0.2, 0.25) is 5.88 Å². The van der Waals surface area contributed by atoms with Crippen LogP contribution in [0.1, 0.15) is 30.9 Å². The van der Waals surface area contributed by atoms with Gasteiger partial charge in [0.15, 0.2) is 0 Å². The number of aromatic amines is 1. The van der Waals surface area contributed by atoms with E-state index in [1.165, 1.54) is 18.4 Å². The lowest BCUT2D eigenvalue weighted by Gasteiger charge is -2.24. The molecule has 1 atom stereocenters. The van der Waals surface area contributed by atoms with Gasteiger partial charge in [-0.2, -0.15) is 0 Å². The van der Waals surface area contributed by atoms with E-state index in [2.05, 4.69) is 49.6 Å². The Hall–Kier alpha value is -2.23. The van der Waals surface area contributed by atoms with Crippen LogP contribution in [0.25, 0.3) is 10.8 Å². The molecule has 7 heteroatoms. The molecule has 0 bridgehead atoms. The number of H-pyrrole nitrogens is 1. The summed E-state index contributed by atoms with van der Waals surface area (Å²) in [6.07, 6.45) is 4.02. The molecule has 4 rings (SSSR count). The predicted octanol–water partition coefficient (Wildman–Crippen LogP) is 4.59. The van der Waals surface area contributed by atoms with E-state index in [0.717, 1.165) is 35.6 Å². The van der Waals surface area contributed by atoms with Crippen LogP contribution in [0.5, 0.6) is 5.88 Å². The molecule has 2 aromatic carbocycles. The van der Waals surface area contributed by atoms with Crippen LogP contribution in [0.2, 0.25) is 0 Å². The second-order valence-corrected chi connectivity index (χ2v) is 9.00. The highest BCUT2D eigenvalue weighted by molar-refractivity contribution is 14.1. The monoisotopic (exact) mass is 531 g/mol. The number of benzene rings is 2. The molecular formula is C24H26IN3O3. The van der Waals surface area contributed by atoms with Crippen molar-refractivity contribution in [3.63, 3.8) is 0 Å². The molecule has 0 amide bonds. The smallest absolute Gasteiger partial charge is 0.258 e. The normalized spacial score (nSPS) is 17.2. The first kappa shape index (κ1) is 22.0. The SMILES string of the molecule is CCOC[C@@H]1CCCN1Cc1ccc(N=Cc2c(O)[nH]c(=O)c3ccc(I)cc23)cc1. The van der Waals surface area contributed by atoms with Gasteiger partial charge in [0.05, 0.1) is 17.9 Å². The van der Waals surface area contributed by atoms with Gasteiger partial charge in [-0.25, -0.2) is 0 Å². The van der Waals surface area contributed by atoms with Gasteiger partial charge in [-0.1, -0.05) is 12.1 Å². The largest absolute Gasteiger partial charge is 0.494 e. The minimum atomic E-state index is -0.310. The van der Waals surface area contributed by atoms with Crippen LogP contribution in [0.3, 0.4) is 0 Å². The van der Waals surface area contributed by atoms with Gasteiger partial charge in [-0.05, 0) is 84.8 Å². The van der Waals surface area contributed by atoms with Crippen LogP contribution >= 0.6 is 22.6 Å². The number of nitrogens with one attached hydrogen (secondary N) is 1. The van der Waals surface area contributed by atoms with Gasteiger partial charge in [-0.3, -0.25) is 19.7 Å². The average molecular weight is 531 g/mol. The standard InChI is InChI=1S/C24H26IN3O3/c1-2-31-15-19-4-3-11-28(19)14-16-5-8-18(9-6-16)26-13-22-21-12-17(25)7-10-20(21)23(29)27-24(22)30/h5-10,12-13,19H,2-4,11,14-15H2,1H3,(H2,27,29,30)/t19-/m0/s1. The van der Waals surface area contributed by atoms with E-state index in [4.69, 9.17) is 4.74 Å². The van der Waals surface area contributed by atoms with E-state index < -0.39 is 0 Å². The number of nitrogens with zero attached hydrogens (tertiary/aromatic N) is 2. The fraction of sp³-hybridized carbons (Fsp3) is 0.333. The summed E-state index contributed by atoms with van der Waals surface area (Å²) in [5.74, 6) is -0.172. The Bertz CT molecular complexity index is 1140. The number of aliphatic imine (C=N–C) groups is 1. The van der Waals surface area contributed by atoms with Gasteiger partial charge >= 0.3 is 0 Å². The molecule has 1 aliphatic rings. The maximum absolute atomic E-state index is 12.1. The topological polar surface area (TPSA) is 77.9 Å². The molecule has 0 spiro atoms. The number of pyridine rings is 1. The number of likely N-dealkylation sites (tertiary alicyclic amines) is 1. The Labute approximate surface area is 195 Å². The number of hydrogen-bond acceptors (Lipinski definition) is 5. The average Bonchev–Trinajstić information content (AvgIpc) is 3.19. The quantitative estimate of drug-likeness (QED) is 0.346. The molecular weight excluding hydrogens is 505 g/mol. The van der Waals surface area contributed by atoms with E-state index in [-0.39, 0.29) is 11.4 Å². The molecule has 1 fully saturated rings. The zero-order valence-electron chi connectivity index (χ0n) is 17.5. The number of halogens is 1. The Morgan fingerprint density at radius 3 is 2.84 bits per heavy atom. The molecule has 1 aliphatic heterocycles. The van der Waals surface area contributed by atoms with Crippen LogP contribution in [0.4, 0.5) is 5.69 Å². The number of rotatable bonds is 7. The highest BCUT2D eigenvalue weighted by Gasteiger charge is 2.24. The first-order valence-corrected chi connectivity index (χ1v) is 11.6. The summed E-state index contributed by atoms with van der Waals surface area (Å²) in [6.45, 7) is 5.61. The van der Waals surface area contributed by atoms with Gasteiger partial charge in [0.1, 0.15) is 0 Å². The molecule has 1 saturated heterocycles. The minimum absolute atomic E-state index is 0.172. The number of hydrogen-bond donors (Lipinski definition) is 2. The fourth-order valence-electron chi connectivity index (χ4n) is 4.04. The third-order valence-electron chi connectivity index (χ3n) is 5.68. The number of ether oxygens (including phenoxy) is 1. The maximum Gasteiger partial charge on any atom is 0.258 e. The number of aromatic hydroxyl groups is 1. The minimum Gasteiger partial charge on any atom is -0.494 e. The van der Waals surface area contributed by atoms with E-state index in [1.54, 1.807) is 12.3 Å². The number of fused-ring (bicyclic) bond motifs is 1. The highest BCUT2D eigenvalue weighted by atomic mass is 127. The van der Waals surface area contributed by atoms with Crippen LogP contribution < -0.4 is 5.56 Å². The summed E-state index contributed by atoms with van der Waals surface area (Å²) in [5.41, 5.74) is 2.23. The van der Waals surface area contributed by atoms with Crippen molar-refractivity contribution in [3.05, 3.63) is 67.5 Å². The molecule has 0 radical (unpaired) electrons. The van der Waals surface area contributed by atoms with Gasteiger partial charge in [-0.15, -0.1) is 0 Å². The molecule has 0 unspecified atom stereocenters. The van der Waals surface area contributed by atoms with Crippen molar-refractivity contribution >= 4 is 45.3 Å². The Morgan fingerprint density at radius 1 is 1.26 bits per heavy atom. The Balaban J connectivity index is 1.51. The molecule has 162 valence electrons. The molecule has 2 heterocycles. The lowest BCUT2D eigenvalue weighted by atomic mass is 10.1. The summed E-state index contributed by atoms with van der Waals surface area (Å²) in [7, 11) is 0. The fourth-order valence-corrected chi connectivity index (χ4v) is 4.54. The first-order valence-electron chi connectivity index (χ1n) is 10.5. The first-order chi connectivity index (χ1) is 15.0. The van der Waals surface area contributed by atoms with Crippen molar-refractivity contribution in [2.75, 3.05) is 19.8 Å². The van der Waals surface area contributed by atoms with Crippen LogP contribution in [0, 0.1) is 3.57 Å². The summed E-state index contributed by atoms with van der Waals surface area (Å²) in [4.78, 5) is 21.6. The van der Waals surface area contributed by atoms with Crippen molar-refractivity contribution in [2.45, 2.75) is 32.4 Å². The second kappa shape index (κ2) is 9.93. The molecule has 6 nitrogen and oxygen atoms in total. The van der Waals surface area contributed by atoms with Crippen LogP contribution in [-0.4, -0.2) is 47.0 Å². The lowest BCUT2D eigenvalue weighted by molar-refractivity contribution is 0.0824. The van der Waals surface area contributed by atoms with E-state index in [9.17, 15) is 9.90 Å². The molecule has 2 N–H and O–H groups in total. The highest BCUT2D eigenvalue weighted by Crippen LogP contribution is 2.25. The van der Waals surface area contributed by atoms with Gasteiger partial charge < -0.3 is 9.84 Å². The maximum atomic E-state index is 12.1. The van der Waals surface area contributed by atoms with Gasteiger partial charge in [0, 0.05) is 39.8 Å². The summed E-state index contributed by atoms with van der Waals surface area (Å²) in [5, 5.41) is 11.5. The van der Waals surface area contributed by atoms with E-state index in [1.807, 2.05) is 31.2 Å². The van der Waals surface area contributed by atoms with Crippen molar-refractivity contribution in [3.8, 4) is 5.88 Å². The summed E-state index contributed by atoms with van der Waals surface area (Å²) < 4.78 is 6.61. The third kappa shape index (κ3) is 5.16. The summed E-state index contributed by atoms with van der Waals surface area (Å²) in [6, 6.07) is 14.2. The van der Waals surface area contributed by atoms with E-state index in [0.29, 0.717) is 22.4 Å². The lowest BCUT2D eigenvalue weighted by Crippen LogP contribution is -2.32. The van der Waals surface area contributed by atoms with E-state index >= 15 is 0 Å². The molecule has 31 heavy (non-hydrogen) atoms. The predicted molar refractivity (Wildman–Crippen MR) is 133 cm³/mol. The van der Waals surface area contributed by atoms with Crippen molar-refractivity contribution in [1.29, 1.82) is 0 Å². The second-order valence-electron chi connectivity index (χ2n) is 7.76. The number of aromatic nitrogens is 1. The van der Waals surface area contributed by atoms with Gasteiger partial charge in [0.25, 0.3) is 5.56 Å². The van der Waals surface area contributed by atoms with Crippen molar-refractivity contribution < 1.29 is 9.84 Å². The van der Waals surface area contributed by atoms with Crippen molar-refractivity contribution in [2.24, 2.45) is 4.99 Å². The van der Waals surface area contributed by atoms with Crippen LogP contribution in [0.15, 0.2) is 52.3 Å². The molecule has 0 saturated carbocycles. The molecule has 0 aliphatic carbocycles. The van der Waals surface area contributed by atoms with Crippen LogP contribution in [-0.2, 0) is 11.3 Å². The molecule has 1 aromatic heterocycles. The summed E-state index contributed by atoms with van der Waals surface area (Å²) >= 11 is 2.19. The zero-order valence-corrected chi connectivity index (χ0v) is 19.6. The zero-order chi connectivity index (χ0) is 21.8. The van der Waals surface area contributed by atoms with Crippen molar-refractivity contribution in [1.82, 2.24) is 9.88 Å². The Kier molecular flexibility index (Phi) is 7.04. The Morgan fingerprint density at radius 2 is 2.06 bits per heavy atom. The third-order valence-corrected chi connectivity index (χ3v) is 6.35.